The highest BCUT2D eigenvalue weighted by atomic mass is 32.1. The van der Waals surface area contributed by atoms with Crippen LogP contribution in [0.5, 0.6) is 5.75 Å². The van der Waals surface area contributed by atoms with Crippen LogP contribution in [0.15, 0.2) is 29.6 Å². The number of carbonyl (C=O) groups is 1. The van der Waals surface area contributed by atoms with Gasteiger partial charge in [-0.2, -0.15) is 0 Å². The summed E-state index contributed by atoms with van der Waals surface area (Å²) in [6.45, 7) is 4.31. The van der Waals surface area contributed by atoms with Crippen molar-refractivity contribution in [3.63, 3.8) is 0 Å². The maximum absolute atomic E-state index is 11.2. The fourth-order valence-electron chi connectivity index (χ4n) is 1.51. The summed E-state index contributed by atoms with van der Waals surface area (Å²) in [7, 11) is 0. The van der Waals surface area contributed by atoms with E-state index >= 15 is 0 Å². The zero-order valence-electron chi connectivity index (χ0n) is 10.5. The van der Waals surface area contributed by atoms with Crippen LogP contribution in [-0.4, -0.2) is 17.4 Å². The first-order valence-electron chi connectivity index (χ1n) is 5.90. The molecule has 1 aromatic carbocycles. The number of ether oxygens (including phenoxy) is 1. The molecule has 0 amide bonds. The van der Waals surface area contributed by atoms with E-state index in [2.05, 4.69) is 11.9 Å². The smallest absolute Gasteiger partial charge is 0.178 e. The fourth-order valence-corrected chi connectivity index (χ4v) is 2.36. The summed E-state index contributed by atoms with van der Waals surface area (Å²) in [4.78, 5) is 15.5. The number of rotatable bonds is 5. The van der Waals surface area contributed by atoms with Crippen molar-refractivity contribution >= 4 is 17.1 Å². The first-order valence-corrected chi connectivity index (χ1v) is 6.78. The van der Waals surface area contributed by atoms with Gasteiger partial charge in [0.05, 0.1) is 6.61 Å². The van der Waals surface area contributed by atoms with Gasteiger partial charge in [-0.05, 0) is 18.6 Å². The van der Waals surface area contributed by atoms with Crippen LogP contribution in [0.2, 0.25) is 0 Å². The molecular formula is C14H15NO2S. The number of hydrogen-bond acceptors (Lipinski definition) is 4. The number of benzene rings is 1. The van der Waals surface area contributed by atoms with Gasteiger partial charge < -0.3 is 4.74 Å². The second-order valence-corrected chi connectivity index (χ2v) is 4.83. The second kappa shape index (κ2) is 5.78. The lowest BCUT2D eigenvalue weighted by Gasteiger charge is -2.05. The van der Waals surface area contributed by atoms with E-state index in [4.69, 9.17) is 4.74 Å². The monoisotopic (exact) mass is 261 g/mol. The van der Waals surface area contributed by atoms with Crippen molar-refractivity contribution < 1.29 is 9.53 Å². The normalized spacial score (nSPS) is 10.3. The Morgan fingerprint density at radius 2 is 2.28 bits per heavy atom. The van der Waals surface area contributed by atoms with Crippen LogP contribution in [0, 0.1) is 0 Å². The highest BCUT2D eigenvalue weighted by Gasteiger charge is 2.08. The van der Waals surface area contributed by atoms with E-state index < -0.39 is 0 Å². The Hall–Kier alpha value is -1.68. The van der Waals surface area contributed by atoms with Crippen molar-refractivity contribution in [3.8, 4) is 16.3 Å². The van der Waals surface area contributed by atoms with Crippen molar-refractivity contribution in [2.45, 2.75) is 20.3 Å². The number of nitrogens with zero attached hydrogens (tertiary/aromatic N) is 1. The Morgan fingerprint density at radius 1 is 1.44 bits per heavy atom. The Kier molecular flexibility index (Phi) is 4.10. The molecule has 2 aromatic rings. The quantitative estimate of drug-likeness (QED) is 0.768. The number of ketones is 1. The predicted octanol–water partition coefficient (Wildman–Crippen LogP) is 3.80. The van der Waals surface area contributed by atoms with Gasteiger partial charge in [-0.3, -0.25) is 4.79 Å². The molecule has 1 aromatic heterocycles. The van der Waals surface area contributed by atoms with Crippen LogP contribution < -0.4 is 4.74 Å². The summed E-state index contributed by atoms with van der Waals surface area (Å²) in [6.07, 6.45) is 0.982. The molecule has 4 heteroatoms. The Balaban J connectivity index is 2.23. The van der Waals surface area contributed by atoms with E-state index in [0.717, 1.165) is 22.7 Å². The third-order valence-corrected chi connectivity index (χ3v) is 3.31. The largest absolute Gasteiger partial charge is 0.494 e. The first-order chi connectivity index (χ1) is 8.70. The molecule has 0 bridgehead atoms. The zero-order valence-corrected chi connectivity index (χ0v) is 11.3. The van der Waals surface area contributed by atoms with Crippen LogP contribution in [0.25, 0.3) is 10.6 Å². The number of carbonyl (C=O) groups excluding carboxylic acids is 1. The van der Waals surface area contributed by atoms with Crippen molar-refractivity contribution in [2.75, 3.05) is 6.61 Å². The summed E-state index contributed by atoms with van der Waals surface area (Å²) in [5.74, 6) is 0.838. The molecule has 0 aliphatic heterocycles. The van der Waals surface area contributed by atoms with Crippen molar-refractivity contribution in [2.24, 2.45) is 0 Å². The SMILES string of the molecule is CCCOc1cccc(-c2nc(C(C)=O)cs2)c1. The molecular weight excluding hydrogens is 246 g/mol. The van der Waals surface area contributed by atoms with Crippen molar-refractivity contribution in [1.82, 2.24) is 4.98 Å². The van der Waals surface area contributed by atoms with Gasteiger partial charge in [0.2, 0.25) is 0 Å². The number of thiazole rings is 1. The maximum atomic E-state index is 11.2. The molecule has 2 rings (SSSR count). The molecule has 0 radical (unpaired) electrons. The number of hydrogen-bond donors (Lipinski definition) is 0. The van der Waals surface area contributed by atoms with Crippen molar-refractivity contribution in [1.29, 1.82) is 0 Å². The molecule has 0 fully saturated rings. The molecule has 0 spiro atoms. The summed E-state index contributed by atoms with van der Waals surface area (Å²) >= 11 is 1.48. The number of Topliss-reactive ketones (excluding diaryl/α,β-unsaturated/α-hetero) is 1. The molecule has 0 saturated heterocycles. The molecule has 0 aliphatic rings. The highest BCUT2D eigenvalue weighted by molar-refractivity contribution is 7.13. The maximum Gasteiger partial charge on any atom is 0.178 e. The van der Waals surface area contributed by atoms with Crippen LogP contribution >= 0.6 is 11.3 Å². The summed E-state index contributed by atoms with van der Waals surface area (Å²) in [5, 5.41) is 2.64. The molecule has 0 aliphatic carbocycles. The van der Waals surface area contributed by atoms with Crippen LogP contribution in [0.4, 0.5) is 0 Å². The van der Waals surface area contributed by atoms with E-state index in [9.17, 15) is 4.79 Å². The van der Waals surface area contributed by atoms with E-state index in [0.29, 0.717) is 12.3 Å². The summed E-state index contributed by atoms with van der Waals surface area (Å²) in [5.41, 5.74) is 1.51. The van der Waals surface area contributed by atoms with Crippen molar-refractivity contribution in [3.05, 3.63) is 35.3 Å². The number of aromatic nitrogens is 1. The van der Waals surface area contributed by atoms with Gasteiger partial charge in [0, 0.05) is 17.9 Å². The third-order valence-electron chi connectivity index (χ3n) is 2.42. The molecule has 3 nitrogen and oxygen atoms in total. The predicted molar refractivity (Wildman–Crippen MR) is 73.3 cm³/mol. The molecule has 0 N–H and O–H groups in total. The van der Waals surface area contributed by atoms with Gasteiger partial charge >= 0.3 is 0 Å². The van der Waals surface area contributed by atoms with Gasteiger partial charge in [0.25, 0.3) is 0 Å². The van der Waals surface area contributed by atoms with Gasteiger partial charge in [0.15, 0.2) is 5.78 Å². The zero-order chi connectivity index (χ0) is 13.0. The Labute approximate surface area is 110 Å². The van der Waals surface area contributed by atoms with Crippen LogP contribution in [0.1, 0.15) is 30.8 Å². The summed E-state index contributed by atoms with van der Waals surface area (Å²) in [6, 6.07) is 7.80. The average Bonchev–Trinajstić information content (AvgIpc) is 2.86. The summed E-state index contributed by atoms with van der Waals surface area (Å²) < 4.78 is 5.58. The topological polar surface area (TPSA) is 39.2 Å². The third kappa shape index (κ3) is 2.96. The van der Waals surface area contributed by atoms with Crippen LogP contribution in [-0.2, 0) is 0 Å². The van der Waals surface area contributed by atoms with Gasteiger partial charge in [-0.15, -0.1) is 11.3 Å². The van der Waals surface area contributed by atoms with Gasteiger partial charge in [0.1, 0.15) is 16.5 Å². The molecule has 0 saturated carbocycles. The lowest BCUT2D eigenvalue weighted by molar-refractivity contribution is 0.101. The first kappa shape index (κ1) is 12.8. The lowest BCUT2D eigenvalue weighted by Crippen LogP contribution is -1.95. The Bertz CT molecular complexity index is 548. The van der Waals surface area contributed by atoms with E-state index in [-0.39, 0.29) is 5.78 Å². The standard InChI is InChI=1S/C14H15NO2S/c1-3-7-17-12-6-4-5-11(8-12)14-15-13(9-18-14)10(2)16/h4-6,8-9H,3,7H2,1-2H3. The minimum Gasteiger partial charge on any atom is -0.494 e. The second-order valence-electron chi connectivity index (χ2n) is 3.97. The minimum atomic E-state index is -0.00381. The highest BCUT2D eigenvalue weighted by Crippen LogP contribution is 2.27. The molecule has 18 heavy (non-hydrogen) atoms. The molecule has 0 unspecified atom stereocenters. The van der Waals surface area contributed by atoms with E-state index in [1.165, 1.54) is 18.3 Å². The lowest BCUT2D eigenvalue weighted by atomic mass is 10.2. The van der Waals surface area contributed by atoms with Gasteiger partial charge in [-0.1, -0.05) is 19.1 Å². The molecule has 94 valence electrons. The minimum absolute atomic E-state index is 0.00381. The van der Waals surface area contributed by atoms with E-state index in [1.807, 2.05) is 24.3 Å². The fraction of sp³-hybridized carbons (Fsp3) is 0.286. The van der Waals surface area contributed by atoms with Gasteiger partial charge in [-0.25, -0.2) is 4.98 Å². The Morgan fingerprint density at radius 3 is 2.94 bits per heavy atom. The van der Waals surface area contributed by atoms with Crippen LogP contribution in [0.3, 0.4) is 0 Å². The molecule has 0 atom stereocenters. The molecule has 1 heterocycles. The van der Waals surface area contributed by atoms with E-state index in [1.54, 1.807) is 5.38 Å². The average molecular weight is 261 g/mol.